The molecule has 206 valence electrons. The Kier molecular flexibility index (Phi) is 8.91. The minimum absolute atomic E-state index is 0. The highest BCUT2D eigenvalue weighted by Crippen LogP contribution is 2.21. The quantitative estimate of drug-likeness (QED) is 0.405. The van der Waals surface area contributed by atoms with Crippen LogP contribution in [0.5, 0.6) is 5.75 Å². The third-order valence-electron chi connectivity index (χ3n) is 6.95. The third kappa shape index (κ3) is 6.18. The smallest absolute Gasteiger partial charge is 0.274 e. The molecule has 8 nitrogen and oxygen atoms in total. The summed E-state index contributed by atoms with van der Waals surface area (Å²) in [5, 5.41) is 0.456. The molecule has 2 heterocycles. The van der Waals surface area contributed by atoms with Gasteiger partial charge in [-0.2, -0.15) is 0 Å². The summed E-state index contributed by atoms with van der Waals surface area (Å²) < 4.78 is 6.58. The Hall–Kier alpha value is -4.56. The van der Waals surface area contributed by atoms with Gasteiger partial charge in [0, 0.05) is 44.5 Å². The Morgan fingerprint density at radius 1 is 0.825 bits per heavy atom. The molecule has 1 N–H and O–H groups in total. The molecular formula is C31H31ClN4O4. The Morgan fingerprint density at radius 2 is 1.45 bits per heavy atom. The van der Waals surface area contributed by atoms with Gasteiger partial charge in [-0.1, -0.05) is 42.5 Å². The van der Waals surface area contributed by atoms with Crippen LogP contribution in [-0.2, 0) is 7.05 Å². The Balaban J connectivity index is 0.00000370. The molecule has 9 heteroatoms. The first kappa shape index (κ1) is 28.4. The lowest BCUT2D eigenvalue weighted by Crippen LogP contribution is -2.52. The highest BCUT2D eigenvalue weighted by molar-refractivity contribution is 5.94. The van der Waals surface area contributed by atoms with Crippen LogP contribution in [0.3, 0.4) is 0 Å². The topological polar surface area (TPSA) is 87.6 Å². The number of carbonyl (C=O) groups excluding carboxylic acids is 1. The molecule has 0 unspecified atom stereocenters. The van der Waals surface area contributed by atoms with Crippen molar-refractivity contribution in [1.29, 1.82) is 0 Å². The van der Waals surface area contributed by atoms with Crippen LogP contribution in [-0.4, -0.2) is 53.6 Å². The van der Waals surface area contributed by atoms with E-state index >= 15 is 0 Å². The van der Waals surface area contributed by atoms with Crippen molar-refractivity contribution in [3.63, 3.8) is 0 Å². The van der Waals surface area contributed by atoms with Gasteiger partial charge in [0.2, 0.25) is 0 Å². The number of halogens is 1. The van der Waals surface area contributed by atoms with Crippen molar-refractivity contribution >= 4 is 36.2 Å². The van der Waals surface area contributed by atoms with Gasteiger partial charge >= 0.3 is 0 Å². The van der Waals surface area contributed by atoms with Crippen molar-refractivity contribution < 1.29 is 9.53 Å². The van der Waals surface area contributed by atoms with E-state index in [1.54, 1.807) is 50.6 Å². The largest absolute Gasteiger partial charge is 0.497 e. The zero-order valence-corrected chi connectivity index (χ0v) is 23.2. The predicted molar refractivity (Wildman–Crippen MR) is 160 cm³/mol. The molecule has 1 amide bonds. The number of nitrogens with one attached hydrogen (secondary N) is 1. The summed E-state index contributed by atoms with van der Waals surface area (Å²) in [6.45, 7) is 2.75. The molecule has 5 rings (SSSR count). The predicted octanol–water partition coefficient (Wildman–Crippen LogP) is 2.12. The summed E-state index contributed by atoms with van der Waals surface area (Å²) in [4.78, 5) is 45.6. The van der Waals surface area contributed by atoms with Crippen LogP contribution in [0, 0.1) is 0 Å². The average Bonchev–Trinajstić information content (AvgIpc) is 2.99. The van der Waals surface area contributed by atoms with Gasteiger partial charge in [-0.15, -0.1) is 12.4 Å². The maximum atomic E-state index is 13.1. The Morgan fingerprint density at radius 3 is 2.08 bits per heavy atom. The minimum Gasteiger partial charge on any atom is -0.497 e. The molecule has 40 heavy (non-hydrogen) atoms. The van der Waals surface area contributed by atoms with Crippen molar-refractivity contribution in [1.82, 2.24) is 14.5 Å². The monoisotopic (exact) mass is 558 g/mol. The molecule has 3 aromatic carbocycles. The lowest BCUT2D eigenvalue weighted by atomic mass is 10.1. The zero-order chi connectivity index (χ0) is 27.4. The number of hydrogen-bond acceptors (Lipinski definition) is 5. The highest BCUT2D eigenvalue weighted by Gasteiger charge is 2.22. The molecule has 1 saturated heterocycles. The van der Waals surface area contributed by atoms with Gasteiger partial charge in [-0.3, -0.25) is 14.4 Å². The standard InChI is InChI=1S/C31H30N4O4.ClH/c1-33-28(21-22-6-4-3-5-7-22)29(36)32-27(31(33)38)20-23-8-10-24(11-9-23)30(37)35-18-16-34(17-19-35)25-12-14-26(39-2)15-13-25;/h3-15,20-21H,16-19H2,1-2H3,(H,32,36);1H/b27-20-,28-21-;. The first-order valence-electron chi connectivity index (χ1n) is 12.8. The molecule has 4 aromatic rings. The fourth-order valence-corrected chi connectivity index (χ4v) is 4.68. The summed E-state index contributed by atoms with van der Waals surface area (Å²) in [5.74, 6) is 0.791. The number of rotatable bonds is 5. The van der Waals surface area contributed by atoms with Gasteiger partial charge in [-0.05, 0) is 59.7 Å². The molecule has 0 aliphatic carbocycles. The highest BCUT2D eigenvalue weighted by atomic mass is 35.5. The van der Waals surface area contributed by atoms with E-state index < -0.39 is 0 Å². The SMILES string of the molecule is COc1ccc(N2CCN(C(=O)c3ccc(/C=c4\[nH]c(=O)/c(=C/c5ccccc5)n(C)c4=O)cc3)CC2)cc1.Cl. The number of amides is 1. The van der Waals surface area contributed by atoms with Crippen LogP contribution in [0.25, 0.3) is 12.2 Å². The van der Waals surface area contributed by atoms with E-state index in [9.17, 15) is 14.4 Å². The fraction of sp³-hybridized carbons (Fsp3) is 0.194. The fourth-order valence-electron chi connectivity index (χ4n) is 4.68. The van der Waals surface area contributed by atoms with E-state index in [-0.39, 0.29) is 40.1 Å². The summed E-state index contributed by atoms with van der Waals surface area (Å²) in [7, 11) is 3.23. The second-order valence-corrected chi connectivity index (χ2v) is 9.42. The van der Waals surface area contributed by atoms with Gasteiger partial charge in [0.05, 0.1) is 7.11 Å². The molecule has 0 saturated carbocycles. The van der Waals surface area contributed by atoms with Crippen LogP contribution >= 0.6 is 12.4 Å². The van der Waals surface area contributed by atoms with Crippen molar-refractivity contribution in [3.05, 3.63) is 127 Å². The molecule has 1 aromatic heterocycles. The lowest BCUT2D eigenvalue weighted by Gasteiger charge is -2.36. The van der Waals surface area contributed by atoms with Gasteiger partial charge < -0.3 is 24.1 Å². The van der Waals surface area contributed by atoms with E-state index in [2.05, 4.69) is 9.88 Å². The number of ether oxygens (including phenoxy) is 1. The summed E-state index contributed by atoms with van der Waals surface area (Å²) in [5.41, 5.74) is 2.57. The van der Waals surface area contributed by atoms with Crippen LogP contribution in [0.1, 0.15) is 21.5 Å². The Labute approximate surface area is 237 Å². The minimum atomic E-state index is -0.354. The maximum absolute atomic E-state index is 13.1. The van der Waals surface area contributed by atoms with Crippen molar-refractivity contribution in [2.45, 2.75) is 0 Å². The van der Waals surface area contributed by atoms with Crippen LogP contribution in [0.4, 0.5) is 5.69 Å². The number of nitrogens with zero attached hydrogens (tertiary/aromatic N) is 3. The van der Waals surface area contributed by atoms with E-state index in [0.717, 1.165) is 30.1 Å². The van der Waals surface area contributed by atoms with Crippen LogP contribution < -0.4 is 31.5 Å². The lowest BCUT2D eigenvalue weighted by molar-refractivity contribution is 0.0747. The Bertz CT molecular complexity index is 1710. The zero-order valence-electron chi connectivity index (χ0n) is 22.4. The summed E-state index contributed by atoms with van der Waals surface area (Å²) >= 11 is 0. The van der Waals surface area contributed by atoms with Crippen LogP contribution in [0.2, 0.25) is 0 Å². The van der Waals surface area contributed by atoms with Crippen molar-refractivity contribution in [2.75, 3.05) is 38.2 Å². The first-order chi connectivity index (χ1) is 18.9. The molecule has 1 aliphatic rings. The number of methoxy groups -OCH3 is 1. The number of benzene rings is 3. The van der Waals surface area contributed by atoms with Crippen molar-refractivity contribution in [2.24, 2.45) is 7.05 Å². The number of aromatic amines is 1. The van der Waals surface area contributed by atoms with E-state index in [1.807, 2.05) is 59.5 Å². The number of piperazine rings is 1. The van der Waals surface area contributed by atoms with Gasteiger partial charge in [0.25, 0.3) is 17.0 Å². The van der Waals surface area contributed by atoms with E-state index in [1.165, 1.54) is 4.57 Å². The molecule has 1 aliphatic heterocycles. The molecule has 0 atom stereocenters. The van der Waals surface area contributed by atoms with E-state index in [4.69, 9.17) is 4.74 Å². The van der Waals surface area contributed by atoms with Gasteiger partial charge in [0.15, 0.2) is 0 Å². The third-order valence-corrected chi connectivity index (χ3v) is 6.95. The normalized spacial score (nSPS) is 14.2. The molecule has 0 radical (unpaired) electrons. The first-order valence-corrected chi connectivity index (χ1v) is 12.8. The molecule has 1 fully saturated rings. The second kappa shape index (κ2) is 12.5. The summed E-state index contributed by atoms with van der Waals surface area (Å²) in [6.07, 6.45) is 3.30. The number of anilines is 1. The number of hydrogen-bond donors (Lipinski definition) is 1. The average molecular weight is 559 g/mol. The summed E-state index contributed by atoms with van der Waals surface area (Å²) in [6, 6.07) is 24.4. The van der Waals surface area contributed by atoms with Gasteiger partial charge in [-0.25, -0.2) is 0 Å². The number of H-pyrrole nitrogens is 1. The molecule has 0 spiro atoms. The van der Waals surface area contributed by atoms with E-state index in [0.29, 0.717) is 24.2 Å². The number of carbonyl (C=O) groups is 1. The number of aromatic nitrogens is 2. The molecular weight excluding hydrogens is 528 g/mol. The van der Waals surface area contributed by atoms with Gasteiger partial charge in [0.1, 0.15) is 16.4 Å². The molecule has 0 bridgehead atoms. The second-order valence-electron chi connectivity index (χ2n) is 9.42. The maximum Gasteiger partial charge on any atom is 0.274 e. The van der Waals surface area contributed by atoms with Crippen molar-refractivity contribution in [3.8, 4) is 5.75 Å². The van der Waals surface area contributed by atoms with Crippen LogP contribution in [0.15, 0.2) is 88.5 Å².